The van der Waals surface area contributed by atoms with Crippen molar-refractivity contribution in [2.75, 3.05) is 11.1 Å². The van der Waals surface area contributed by atoms with Gasteiger partial charge in [0, 0.05) is 6.07 Å². The van der Waals surface area contributed by atoms with Crippen LogP contribution in [0.4, 0.5) is 5.82 Å². The predicted octanol–water partition coefficient (Wildman–Crippen LogP) is 4.87. The number of anilines is 1. The summed E-state index contributed by atoms with van der Waals surface area (Å²) >= 11 is 1.32. The molecule has 2 N–H and O–H groups in total. The molecule has 0 aliphatic heterocycles. The third kappa shape index (κ3) is 6.90. The van der Waals surface area contributed by atoms with Crippen molar-refractivity contribution in [1.29, 1.82) is 0 Å². The number of benzene rings is 1. The molecule has 1 aliphatic rings. The summed E-state index contributed by atoms with van der Waals surface area (Å²) in [7, 11) is 0. The van der Waals surface area contributed by atoms with Gasteiger partial charge in [-0.2, -0.15) is 0 Å². The van der Waals surface area contributed by atoms with E-state index in [4.69, 9.17) is 4.52 Å². The standard InChI is InChI=1S/C23H31N3O3S/c1-16-13-21(26-29-16)25-23(28)17(2)30-15-22(27)24-20(19-11-7-4-8-12-19)14-18-9-5-3-6-10-18/h4,7-8,11-13,17-18,20H,3,5-6,9-10,14-15H2,1-2H3,(H,24,27)(H,25,26,28). The van der Waals surface area contributed by atoms with E-state index in [1.807, 2.05) is 18.2 Å². The summed E-state index contributed by atoms with van der Waals surface area (Å²) in [5, 5.41) is 9.31. The van der Waals surface area contributed by atoms with Crippen molar-refractivity contribution in [2.24, 2.45) is 5.92 Å². The van der Waals surface area contributed by atoms with Crippen molar-refractivity contribution in [3.8, 4) is 0 Å². The Morgan fingerprint density at radius 2 is 1.93 bits per heavy atom. The van der Waals surface area contributed by atoms with Gasteiger partial charge in [-0.25, -0.2) is 0 Å². The Labute approximate surface area is 182 Å². The number of carbonyl (C=O) groups is 2. The van der Waals surface area contributed by atoms with Crippen LogP contribution in [-0.2, 0) is 9.59 Å². The first-order valence-corrected chi connectivity index (χ1v) is 11.8. The first kappa shape index (κ1) is 22.4. The molecule has 3 rings (SSSR count). The van der Waals surface area contributed by atoms with E-state index in [0.29, 0.717) is 17.5 Å². The van der Waals surface area contributed by atoms with E-state index in [9.17, 15) is 9.59 Å². The van der Waals surface area contributed by atoms with Gasteiger partial charge in [0.15, 0.2) is 5.82 Å². The largest absolute Gasteiger partial charge is 0.360 e. The molecule has 0 spiro atoms. The summed E-state index contributed by atoms with van der Waals surface area (Å²) in [5.74, 6) is 1.69. The predicted molar refractivity (Wildman–Crippen MR) is 120 cm³/mol. The van der Waals surface area contributed by atoms with Crippen LogP contribution in [0.5, 0.6) is 0 Å². The Hall–Kier alpha value is -2.28. The van der Waals surface area contributed by atoms with Crippen molar-refractivity contribution in [3.05, 3.63) is 47.7 Å². The minimum atomic E-state index is -0.374. The number of hydrogen-bond acceptors (Lipinski definition) is 5. The fourth-order valence-electron chi connectivity index (χ4n) is 3.89. The van der Waals surface area contributed by atoms with E-state index in [1.54, 1.807) is 19.9 Å². The number of nitrogens with zero attached hydrogens (tertiary/aromatic N) is 1. The normalized spacial score (nSPS) is 16.6. The molecule has 1 fully saturated rings. The summed E-state index contributed by atoms with van der Waals surface area (Å²) < 4.78 is 4.96. The molecule has 0 radical (unpaired) electrons. The van der Waals surface area contributed by atoms with Gasteiger partial charge in [0.2, 0.25) is 11.8 Å². The highest BCUT2D eigenvalue weighted by molar-refractivity contribution is 8.01. The zero-order valence-electron chi connectivity index (χ0n) is 17.7. The van der Waals surface area contributed by atoms with E-state index < -0.39 is 0 Å². The van der Waals surface area contributed by atoms with Gasteiger partial charge in [-0.3, -0.25) is 9.59 Å². The van der Waals surface area contributed by atoms with Crippen LogP contribution >= 0.6 is 11.8 Å². The fraction of sp³-hybridized carbons (Fsp3) is 0.522. The highest BCUT2D eigenvalue weighted by Gasteiger charge is 2.23. The second-order valence-corrected chi connectivity index (χ2v) is 9.36. The van der Waals surface area contributed by atoms with Gasteiger partial charge in [-0.1, -0.05) is 67.6 Å². The molecule has 1 aromatic carbocycles. The number of amides is 2. The Kier molecular flexibility index (Phi) is 8.37. The Balaban J connectivity index is 1.51. The van der Waals surface area contributed by atoms with Gasteiger partial charge in [0.05, 0.1) is 17.0 Å². The zero-order chi connectivity index (χ0) is 21.3. The summed E-state index contributed by atoms with van der Waals surface area (Å²) in [6.45, 7) is 3.55. The first-order valence-electron chi connectivity index (χ1n) is 10.7. The van der Waals surface area contributed by atoms with Crippen LogP contribution in [0.25, 0.3) is 0 Å². The van der Waals surface area contributed by atoms with Gasteiger partial charge >= 0.3 is 0 Å². The van der Waals surface area contributed by atoms with Gasteiger partial charge in [0.1, 0.15) is 5.76 Å². The van der Waals surface area contributed by atoms with Crippen LogP contribution in [0.3, 0.4) is 0 Å². The molecular formula is C23H31N3O3S. The molecule has 2 atom stereocenters. The fourth-order valence-corrected chi connectivity index (χ4v) is 4.58. The minimum Gasteiger partial charge on any atom is -0.360 e. The SMILES string of the molecule is Cc1cc(NC(=O)C(C)SCC(=O)NC(CC2CCCCC2)c2ccccc2)no1. The van der Waals surface area contributed by atoms with Crippen LogP contribution in [-0.4, -0.2) is 28.0 Å². The smallest absolute Gasteiger partial charge is 0.238 e. The molecule has 1 aromatic heterocycles. The molecule has 7 heteroatoms. The second kappa shape index (κ2) is 11.2. The number of aryl methyl sites for hydroxylation is 1. The van der Waals surface area contributed by atoms with E-state index in [-0.39, 0.29) is 28.9 Å². The molecule has 0 saturated heterocycles. The molecule has 2 aromatic rings. The summed E-state index contributed by atoms with van der Waals surface area (Å²) in [5.41, 5.74) is 1.15. The maximum absolute atomic E-state index is 12.7. The molecule has 0 bridgehead atoms. The van der Waals surface area contributed by atoms with E-state index >= 15 is 0 Å². The third-order valence-corrected chi connectivity index (χ3v) is 6.69. The number of rotatable bonds is 9. The van der Waals surface area contributed by atoms with Crippen molar-refractivity contribution >= 4 is 29.4 Å². The molecule has 1 saturated carbocycles. The van der Waals surface area contributed by atoms with Crippen LogP contribution in [0.15, 0.2) is 40.9 Å². The Morgan fingerprint density at radius 1 is 1.20 bits per heavy atom. The third-order valence-electron chi connectivity index (χ3n) is 5.54. The van der Waals surface area contributed by atoms with Gasteiger partial charge in [-0.05, 0) is 31.7 Å². The molecule has 1 aliphatic carbocycles. The van der Waals surface area contributed by atoms with Gasteiger partial charge < -0.3 is 15.2 Å². The first-order chi connectivity index (χ1) is 14.5. The van der Waals surface area contributed by atoms with Crippen LogP contribution in [0.2, 0.25) is 0 Å². The number of carbonyl (C=O) groups excluding carboxylic acids is 2. The number of aromatic nitrogens is 1. The number of nitrogens with one attached hydrogen (secondary N) is 2. The molecule has 2 amide bonds. The zero-order valence-corrected chi connectivity index (χ0v) is 18.5. The Bertz CT molecular complexity index is 818. The maximum atomic E-state index is 12.7. The van der Waals surface area contributed by atoms with Crippen LogP contribution < -0.4 is 10.6 Å². The molecule has 6 nitrogen and oxygen atoms in total. The summed E-state index contributed by atoms with van der Waals surface area (Å²) in [6, 6.07) is 11.9. The van der Waals surface area contributed by atoms with Gasteiger partial charge in [0.25, 0.3) is 0 Å². The van der Waals surface area contributed by atoms with Crippen molar-refractivity contribution in [3.63, 3.8) is 0 Å². The van der Waals surface area contributed by atoms with Crippen molar-refractivity contribution < 1.29 is 14.1 Å². The lowest BCUT2D eigenvalue weighted by Gasteiger charge is -2.27. The molecule has 162 valence electrons. The summed E-state index contributed by atoms with van der Waals surface area (Å²) in [4.78, 5) is 25.0. The van der Waals surface area contributed by atoms with Crippen LogP contribution in [0, 0.1) is 12.8 Å². The average molecular weight is 430 g/mol. The average Bonchev–Trinajstić information content (AvgIpc) is 3.17. The summed E-state index contributed by atoms with van der Waals surface area (Å²) in [6.07, 6.45) is 7.35. The van der Waals surface area contributed by atoms with Crippen molar-refractivity contribution in [1.82, 2.24) is 10.5 Å². The van der Waals surface area contributed by atoms with Crippen molar-refractivity contribution in [2.45, 2.75) is 63.7 Å². The quantitative estimate of drug-likeness (QED) is 0.594. The lowest BCUT2D eigenvalue weighted by atomic mass is 9.83. The highest BCUT2D eigenvalue weighted by Crippen LogP contribution is 2.32. The minimum absolute atomic E-state index is 0.0182. The van der Waals surface area contributed by atoms with E-state index in [0.717, 1.165) is 12.0 Å². The van der Waals surface area contributed by atoms with E-state index in [2.05, 4.69) is 27.9 Å². The monoisotopic (exact) mass is 429 g/mol. The number of hydrogen-bond donors (Lipinski definition) is 2. The Morgan fingerprint density at radius 3 is 2.60 bits per heavy atom. The van der Waals surface area contributed by atoms with Crippen LogP contribution in [0.1, 0.15) is 62.8 Å². The molecule has 2 unspecified atom stereocenters. The lowest BCUT2D eigenvalue weighted by Crippen LogP contribution is -2.33. The molecular weight excluding hydrogens is 398 g/mol. The van der Waals surface area contributed by atoms with E-state index in [1.165, 1.54) is 43.9 Å². The highest BCUT2D eigenvalue weighted by atomic mass is 32.2. The molecule has 1 heterocycles. The topological polar surface area (TPSA) is 84.2 Å². The van der Waals surface area contributed by atoms with Gasteiger partial charge in [-0.15, -0.1) is 11.8 Å². The second-order valence-electron chi connectivity index (χ2n) is 8.04. The molecule has 30 heavy (non-hydrogen) atoms. The maximum Gasteiger partial charge on any atom is 0.238 e. The number of thioether (sulfide) groups is 1. The lowest BCUT2D eigenvalue weighted by molar-refractivity contribution is -0.119.